The molecule has 15 rings (SSSR count). The molecule has 6 nitrogen and oxygen atoms in total. The van der Waals surface area contributed by atoms with Gasteiger partial charge in [-0.15, -0.1) is 0 Å². The van der Waals surface area contributed by atoms with Crippen molar-refractivity contribution in [3.63, 3.8) is 0 Å². The highest BCUT2D eigenvalue weighted by molar-refractivity contribution is 6.21. The second-order valence-corrected chi connectivity index (χ2v) is 18.3. The van der Waals surface area contributed by atoms with Crippen molar-refractivity contribution in [1.29, 1.82) is 0 Å². The summed E-state index contributed by atoms with van der Waals surface area (Å²) in [7, 11) is 0. The Balaban J connectivity index is 1.03. The third-order valence-corrected chi connectivity index (χ3v) is 14.4. The minimum atomic E-state index is -0.461. The van der Waals surface area contributed by atoms with Crippen LogP contribution in [0.2, 0.25) is 0 Å². The highest BCUT2D eigenvalue weighted by Crippen LogP contribution is 2.44. The molecule has 1 N–H and O–H groups in total. The average Bonchev–Trinajstić information content (AvgIpc) is 4.11. The molecule has 0 bridgehead atoms. The van der Waals surface area contributed by atoms with Crippen LogP contribution in [0.5, 0.6) is 0 Å². The smallest absolute Gasteiger partial charge is 0.160 e. The van der Waals surface area contributed by atoms with Gasteiger partial charge in [-0.05, 0) is 124 Å². The zero-order valence-electron chi connectivity index (χ0n) is 36.9. The van der Waals surface area contributed by atoms with E-state index in [0.29, 0.717) is 6.42 Å². The molecule has 1 aliphatic rings. The summed E-state index contributed by atoms with van der Waals surface area (Å²) >= 11 is 0. The summed E-state index contributed by atoms with van der Waals surface area (Å²) in [5.74, 6) is 0. The third kappa shape index (κ3) is 5.49. The molecule has 1 aliphatic heterocycles. The van der Waals surface area contributed by atoms with Gasteiger partial charge < -0.3 is 23.1 Å². The Kier molecular flexibility index (Phi) is 7.73. The lowest BCUT2D eigenvalue weighted by Crippen LogP contribution is -2.19. The van der Waals surface area contributed by atoms with E-state index in [2.05, 4.69) is 187 Å². The van der Waals surface area contributed by atoms with E-state index in [1.165, 1.54) is 37.9 Å². The summed E-state index contributed by atoms with van der Waals surface area (Å²) in [5, 5.41) is 17.6. The molecule has 0 saturated carbocycles. The van der Waals surface area contributed by atoms with Crippen LogP contribution in [0.15, 0.2) is 218 Å². The van der Waals surface area contributed by atoms with Crippen LogP contribution < -0.4 is 5.32 Å². The lowest BCUT2D eigenvalue weighted by molar-refractivity contribution is 0.661. The van der Waals surface area contributed by atoms with Gasteiger partial charge in [0.05, 0.1) is 22.4 Å². The Labute approximate surface area is 388 Å². The van der Waals surface area contributed by atoms with E-state index in [9.17, 15) is 0 Å². The van der Waals surface area contributed by atoms with E-state index in [1.807, 2.05) is 24.3 Å². The summed E-state index contributed by atoms with van der Waals surface area (Å²) in [5.41, 5.74) is 14.6. The molecule has 1 unspecified atom stereocenters. The number of hydrogen-bond donors (Lipinski definition) is 1. The van der Waals surface area contributed by atoms with Gasteiger partial charge in [0.1, 0.15) is 34.1 Å². The molecule has 320 valence electrons. The first-order valence-corrected chi connectivity index (χ1v) is 23.2. The monoisotopic (exact) mass is 873 g/mol. The molecule has 68 heavy (non-hydrogen) atoms. The van der Waals surface area contributed by atoms with E-state index in [-0.39, 0.29) is 0 Å². The minimum absolute atomic E-state index is 0.461. The van der Waals surface area contributed by atoms with Crippen LogP contribution in [0.25, 0.3) is 121 Å². The fourth-order valence-corrected chi connectivity index (χ4v) is 11.1. The lowest BCUT2D eigenvalue weighted by atomic mass is 9.96. The number of nitrogens with zero attached hydrogens (tertiary/aromatic N) is 2. The van der Waals surface area contributed by atoms with Gasteiger partial charge in [0.15, 0.2) is 5.58 Å². The highest BCUT2D eigenvalue weighted by atomic mass is 16.3. The molecule has 0 fully saturated rings. The fraction of sp³-hybridized carbons (Fsp3) is 0.0484. The maximum Gasteiger partial charge on any atom is 0.160 e. The molecule has 0 spiro atoms. The zero-order valence-corrected chi connectivity index (χ0v) is 36.9. The minimum Gasteiger partial charge on any atom is -0.456 e. The second-order valence-electron chi connectivity index (χ2n) is 18.3. The van der Waals surface area contributed by atoms with Crippen molar-refractivity contribution in [2.45, 2.75) is 19.5 Å². The maximum atomic E-state index is 7.10. The third-order valence-electron chi connectivity index (χ3n) is 14.4. The largest absolute Gasteiger partial charge is 0.456 e. The maximum absolute atomic E-state index is 7.10. The number of fused-ring (bicyclic) bond motifs is 14. The Morgan fingerprint density at radius 3 is 1.60 bits per heavy atom. The number of benzene rings is 10. The fourth-order valence-electron chi connectivity index (χ4n) is 11.1. The van der Waals surface area contributed by atoms with Crippen LogP contribution in [0.1, 0.15) is 36.2 Å². The summed E-state index contributed by atoms with van der Waals surface area (Å²) in [4.78, 5) is 5.87. The lowest BCUT2D eigenvalue weighted by Gasteiger charge is -2.20. The number of rotatable bonds is 4. The first-order valence-electron chi connectivity index (χ1n) is 23.2. The zero-order chi connectivity index (χ0) is 44.6. The standard InChI is InChI=1S/C62H39N3O3/c1-35-28-51(63-62(41-23-27-58-50(32-41)44-18-8-10-20-55(44)67-58)64-59(35)40-22-26-57-49(31-40)43-17-7-9-19-54(43)66-57)46-25-24-45-42-16-6-11-21-56(42)68-61(45)60(46)65-52-33-38-14-4-2-12-36(38)29-47(52)48-30-37-13-3-5-15-39(37)34-53(48)65/h2-27,29-34,62,64H,28H2,1H3. The van der Waals surface area contributed by atoms with Crippen molar-refractivity contribution in [1.82, 2.24) is 9.88 Å². The number of aliphatic imine (C=N–C) groups is 1. The summed E-state index contributed by atoms with van der Waals surface area (Å²) in [6.07, 6.45) is 0.124. The second kappa shape index (κ2) is 14.1. The van der Waals surface area contributed by atoms with Crippen molar-refractivity contribution in [3.05, 3.63) is 216 Å². The molecule has 0 aliphatic carbocycles. The first kappa shape index (κ1) is 37.4. The van der Waals surface area contributed by atoms with E-state index < -0.39 is 6.17 Å². The van der Waals surface area contributed by atoms with Gasteiger partial charge in [0.25, 0.3) is 0 Å². The van der Waals surface area contributed by atoms with Crippen molar-refractivity contribution in [2.24, 2.45) is 4.99 Å². The van der Waals surface area contributed by atoms with Gasteiger partial charge in [0, 0.05) is 60.8 Å². The Morgan fingerprint density at radius 1 is 0.456 bits per heavy atom. The molecule has 6 heteroatoms. The average molecular weight is 874 g/mol. The van der Waals surface area contributed by atoms with Crippen LogP contribution in [0.4, 0.5) is 0 Å². The molecule has 0 amide bonds. The molecule has 1 atom stereocenters. The van der Waals surface area contributed by atoms with Gasteiger partial charge in [-0.1, -0.05) is 115 Å². The van der Waals surface area contributed by atoms with Crippen LogP contribution in [0.3, 0.4) is 0 Å². The van der Waals surface area contributed by atoms with E-state index in [0.717, 1.165) is 111 Å². The topological polar surface area (TPSA) is 68.7 Å². The molecule has 5 heterocycles. The van der Waals surface area contributed by atoms with Gasteiger partial charge in [-0.25, -0.2) is 0 Å². The molecular weight excluding hydrogens is 835 g/mol. The SMILES string of the molecule is CC1=C(c2ccc3oc4ccccc4c3c2)NC(c2ccc3oc4ccccc4c3c2)N=C(c2ccc3c(oc4ccccc43)c2-n2c3cc4ccccc4cc3c3cc4ccccc4cc32)C1. The predicted molar refractivity (Wildman–Crippen MR) is 280 cm³/mol. The molecule has 4 aromatic heterocycles. The Morgan fingerprint density at radius 2 is 0.971 bits per heavy atom. The van der Waals surface area contributed by atoms with Crippen LogP contribution in [0, 0.1) is 0 Å². The molecule has 14 aromatic rings. The normalized spacial score (nSPS) is 14.8. The van der Waals surface area contributed by atoms with E-state index >= 15 is 0 Å². The summed E-state index contributed by atoms with van der Waals surface area (Å²) in [6, 6.07) is 69.2. The van der Waals surface area contributed by atoms with E-state index in [4.69, 9.17) is 18.2 Å². The van der Waals surface area contributed by atoms with Crippen LogP contribution in [-0.2, 0) is 0 Å². The Hall–Kier alpha value is -8.87. The van der Waals surface area contributed by atoms with Gasteiger partial charge in [-0.2, -0.15) is 0 Å². The predicted octanol–water partition coefficient (Wildman–Crippen LogP) is 16.7. The van der Waals surface area contributed by atoms with Gasteiger partial charge in [0.2, 0.25) is 0 Å². The molecule has 10 aromatic carbocycles. The van der Waals surface area contributed by atoms with E-state index in [1.54, 1.807) is 0 Å². The van der Waals surface area contributed by atoms with Gasteiger partial charge >= 0.3 is 0 Å². The number of hydrogen-bond acceptors (Lipinski definition) is 5. The van der Waals surface area contributed by atoms with Crippen LogP contribution >= 0.6 is 0 Å². The summed E-state index contributed by atoms with van der Waals surface area (Å²) in [6.45, 7) is 2.24. The van der Waals surface area contributed by atoms with Crippen molar-refractivity contribution >= 4 is 121 Å². The van der Waals surface area contributed by atoms with Crippen molar-refractivity contribution in [2.75, 3.05) is 0 Å². The number of aromatic nitrogens is 1. The molecule has 0 saturated heterocycles. The van der Waals surface area contributed by atoms with Crippen molar-refractivity contribution < 1.29 is 13.3 Å². The number of nitrogens with one attached hydrogen (secondary N) is 1. The number of allylic oxidation sites excluding steroid dienone is 1. The molecule has 0 radical (unpaired) electrons. The first-order chi connectivity index (χ1) is 33.6. The highest BCUT2D eigenvalue weighted by Gasteiger charge is 2.28. The van der Waals surface area contributed by atoms with Gasteiger partial charge in [-0.3, -0.25) is 4.99 Å². The molecular formula is C62H39N3O3. The quantitative estimate of drug-likeness (QED) is 0.191. The van der Waals surface area contributed by atoms with Crippen molar-refractivity contribution in [3.8, 4) is 5.69 Å². The summed E-state index contributed by atoms with van der Waals surface area (Å²) < 4.78 is 22.2. The van der Waals surface area contributed by atoms with Crippen LogP contribution in [-0.4, -0.2) is 10.3 Å². The Bertz CT molecular complexity index is 4440. The number of para-hydroxylation sites is 3. The number of furan rings is 3.